The average Bonchev–Trinajstić information content (AvgIpc) is 3.38. The number of carboxylic acid groups (broad SMARTS) is 1. The number of carboxylic acids is 1. The number of hydrogen-bond acceptors (Lipinski definition) is 4. The first-order valence-corrected chi connectivity index (χ1v) is 9.48. The van der Waals surface area contributed by atoms with Crippen LogP contribution in [0.4, 0.5) is 0 Å². The quantitative estimate of drug-likeness (QED) is 0.546. The van der Waals surface area contributed by atoms with Crippen LogP contribution in [0.5, 0.6) is 0 Å². The third-order valence-corrected chi connectivity index (χ3v) is 5.45. The largest absolute Gasteiger partial charge is 0.481 e. The van der Waals surface area contributed by atoms with E-state index in [1.807, 2.05) is 17.5 Å². The maximum absolute atomic E-state index is 11.0. The van der Waals surface area contributed by atoms with Crippen LogP contribution in [0.2, 0.25) is 6.82 Å². The third kappa shape index (κ3) is 3.04. The van der Waals surface area contributed by atoms with E-state index in [9.17, 15) is 4.79 Å². The van der Waals surface area contributed by atoms with E-state index in [2.05, 4.69) is 40.5 Å². The van der Waals surface area contributed by atoms with Crippen molar-refractivity contribution in [3.8, 4) is 5.69 Å². The zero-order chi connectivity index (χ0) is 17.4. The highest BCUT2D eigenvalue weighted by molar-refractivity contribution is 7.99. The van der Waals surface area contributed by atoms with Crippen LogP contribution in [-0.4, -0.2) is 38.9 Å². The lowest BCUT2D eigenvalue weighted by Gasteiger charge is -2.14. The Morgan fingerprint density at radius 3 is 2.68 bits per heavy atom. The predicted molar refractivity (Wildman–Crippen MR) is 102 cm³/mol. The number of benzene rings is 2. The molecule has 0 unspecified atom stereocenters. The molecule has 0 bridgehead atoms. The third-order valence-electron chi connectivity index (χ3n) is 4.53. The van der Waals surface area contributed by atoms with E-state index in [0.717, 1.165) is 18.7 Å². The maximum atomic E-state index is 11.0. The van der Waals surface area contributed by atoms with E-state index in [4.69, 9.17) is 5.11 Å². The lowest BCUT2D eigenvalue weighted by Crippen LogP contribution is -2.24. The fourth-order valence-corrected chi connectivity index (χ4v) is 3.93. The van der Waals surface area contributed by atoms with Crippen LogP contribution in [0, 0.1) is 0 Å². The van der Waals surface area contributed by atoms with Crippen molar-refractivity contribution in [1.82, 2.24) is 14.8 Å². The molecule has 1 aliphatic carbocycles. The van der Waals surface area contributed by atoms with E-state index in [-0.39, 0.29) is 5.75 Å². The van der Waals surface area contributed by atoms with Crippen LogP contribution in [-0.2, 0) is 4.79 Å². The lowest BCUT2D eigenvalue weighted by molar-refractivity contribution is -0.133. The molecule has 1 heterocycles. The Morgan fingerprint density at radius 1 is 1.24 bits per heavy atom. The summed E-state index contributed by atoms with van der Waals surface area (Å²) in [6.07, 6.45) is 2.52. The Balaban J connectivity index is 1.88. The number of thioether (sulfide) groups is 1. The second-order valence-electron chi connectivity index (χ2n) is 6.26. The Hall–Kier alpha value is -2.28. The highest BCUT2D eigenvalue weighted by Crippen LogP contribution is 2.44. The highest BCUT2D eigenvalue weighted by atomic mass is 32.2. The number of fused-ring (bicyclic) bond motifs is 1. The van der Waals surface area contributed by atoms with Gasteiger partial charge in [-0.05, 0) is 35.8 Å². The van der Waals surface area contributed by atoms with Gasteiger partial charge in [-0.1, -0.05) is 48.9 Å². The number of aliphatic carboxylic acids is 1. The standard InChI is InChI=1S/C18H18BN3O2S/c1-19-17-20-21-18(25-10-16(23)24)22(17)15-9-8-12(11-6-7-11)13-4-2-3-5-14(13)15/h2-5,8-9,11,19H,6-7,10H2,1H3,(H,23,24). The summed E-state index contributed by atoms with van der Waals surface area (Å²) >= 11 is 1.21. The van der Waals surface area contributed by atoms with Crippen molar-refractivity contribution < 1.29 is 9.90 Å². The molecule has 7 heteroatoms. The molecule has 0 saturated heterocycles. The van der Waals surface area contributed by atoms with Gasteiger partial charge in [-0.25, -0.2) is 0 Å². The molecule has 0 spiro atoms. The van der Waals surface area contributed by atoms with Crippen molar-refractivity contribution in [2.45, 2.75) is 30.7 Å². The Morgan fingerprint density at radius 2 is 2.00 bits per heavy atom. The Bertz CT molecular complexity index is 953. The monoisotopic (exact) mass is 351 g/mol. The number of aromatic nitrogens is 3. The van der Waals surface area contributed by atoms with E-state index in [0.29, 0.717) is 11.1 Å². The van der Waals surface area contributed by atoms with Crippen LogP contribution < -0.4 is 5.72 Å². The second kappa shape index (κ2) is 6.56. The summed E-state index contributed by atoms with van der Waals surface area (Å²) in [5.74, 6) is -0.210. The smallest absolute Gasteiger partial charge is 0.313 e. The van der Waals surface area contributed by atoms with Gasteiger partial charge < -0.3 is 5.11 Å². The average molecular weight is 351 g/mol. The molecule has 25 heavy (non-hydrogen) atoms. The molecule has 3 aromatic rings. The summed E-state index contributed by atoms with van der Waals surface area (Å²) in [4.78, 5) is 11.0. The van der Waals surface area contributed by atoms with Crippen molar-refractivity contribution >= 4 is 41.5 Å². The van der Waals surface area contributed by atoms with Gasteiger partial charge in [0.2, 0.25) is 7.28 Å². The molecule has 4 rings (SSSR count). The van der Waals surface area contributed by atoms with E-state index >= 15 is 0 Å². The number of carbonyl (C=O) groups is 1. The van der Waals surface area contributed by atoms with Gasteiger partial charge in [0.05, 0.1) is 17.2 Å². The van der Waals surface area contributed by atoms with Crippen molar-refractivity contribution in [2.24, 2.45) is 0 Å². The summed E-state index contributed by atoms with van der Waals surface area (Å²) in [5, 5.41) is 20.6. The topological polar surface area (TPSA) is 68.0 Å². The zero-order valence-corrected chi connectivity index (χ0v) is 14.8. The van der Waals surface area contributed by atoms with Crippen molar-refractivity contribution in [3.63, 3.8) is 0 Å². The predicted octanol–water partition coefficient (Wildman–Crippen LogP) is 2.58. The van der Waals surface area contributed by atoms with Gasteiger partial charge in [0.1, 0.15) is 0 Å². The fourth-order valence-electron chi connectivity index (χ4n) is 3.24. The number of rotatable bonds is 6. The second-order valence-corrected chi connectivity index (χ2v) is 7.21. The minimum atomic E-state index is -0.855. The fraction of sp³-hybridized carbons (Fsp3) is 0.278. The molecule has 0 radical (unpaired) electrons. The molecule has 0 aliphatic heterocycles. The summed E-state index contributed by atoms with van der Waals surface area (Å²) in [7, 11) is 0.735. The van der Waals surface area contributed by atoms with Crippen LogP contribution in [0.15, 0.2) is 41.6 Å². The minimum Gasteiger partial charge on any atom is -0.481 e. The van der Waals surface area contributed by atoms with Gasteiger partial charge in [0, 0.05) is 5.39 Å². The maximum Gasteiger partial charge on any atom is 0.313 e. The van der Waals surface area contributed by atoms with E-state index in [1.54, 1.807) is 0 Å². The van der Waals surface area contributed by atoms with Crippen molar-refractivity contribution in [2.75, 3.05) is 5.75 Å². The molecular weight excluding hydrogens is 333 g/mol. The summed E-state index contributed by atoms with van der Waals surface area (Å²) in [6, 6.07) is 12.8. The number of hydrogen-bond donors (Lipinski definition) is 1. The van der Waals surface area contributed by atoms with Gasteiger partial charge in [0.15, 0.2) is 5.16 Å². The van der Waals surface area contributed by atoms with Gasteiger partial charge in [0.25, 0.3) is 0 Å². The van der Waals surface area contributed by atoms with Crippen molar-refractivity contribution in [3.05, 3.63) is 42.0 Å². The van der Waals surface area contributed by atoms with E-state index in [1.165, 1.54) is 40.9 Å². The first-order valence-electron chi connectivity index (χ1n) is 8.50. The summed E-state index contributed by atoms with van der Waals surface area (Å²) in [6.45, 7) is 2.03. The van der Waals surface area contributed by atoms with Crippen LogP contribution in [0.1, 0.15) is 24.3 Å². The first kappa shape index (κ1) is 16.2. The summed E-state index contributed by atoms with van der Waals surface area (Å²) in [5.41, 5.74) is 3.28. The van der Waals surface area contributed by atoms with Crippen LogP contribution in [0.3, 0.4) is 0 Å². The van der Waals surface area contributed by atoms with Gasteiger partial charge >= 0.3 is 5.97 Å². The molecule has 0 amide bonds. The molecule has 2 aromatic carbocycles. The van der Waals surface area contributed by atoms with Gasteiger partial charge in [-0.2, -0.15) is 0 Å². The van der Waals surface area contributed by atoms with Gasteiger partial charge in [-0.3, -0.25) is 9.36 Å². The molecule has 5 nitrogen and oxygen atoms in total. The van der Waals surface area contributed by atoms with Crippen LogP contribution in [0.25, 0.3) is 16.5 Å². The molecule has 1 aromatic heterocycles. The lowest BCUT2D eigenvalue weighted by atomic mass is 9.81. The molecule has 1 aliphatic rings. The van der Waals surface area contributed by atoms with Crippen molar-refractivity contribution in [1.29, 1.82) is 0 Å². The molecule has 1 N–H and O–H groups in total. The Kier molecular flexibility index (Phi) is 4.25. The molecule has 1 fully saturated rings. The normalized spacial score (nSPS) is 14.0. The first-order chi connectivity index (χ1) is 12.2. The molecular formula is C18H18BN3O2S. The van der Waals surface area contributed by atoms with Crippen LogP contribution >= 0.6 is 11.8 Å². The van der Waals surface area contributed by atoms with Gasteiger partial charge in [-0.15, -0.1) is 10.2 Å². The molecule has 0 atom stereocenters. The minimum absolute atomic E-state index is 0.0278. The summed E-state index contributed by atoms with van der Waals surface area (Å²) < 4.78 is 2.01. The number of nitrogens with zero attached hydrogens (tertiary/aromatic N) is 3. The zero-order valence-electron chi connectivity index (χ0n) is 14.0. The molecule has 126 valence electrons. The highest BCUT2D eigenvalue weighted by Gasteiger charge is 2.26. The van der Waals surface area contributed by atoms with E-state index < -0.39 is 5.97 Å². The molecule has 1 saturated carbocycles. The SMILES string of the molecule is CBc1nnc(SCC(=O)O)n1-c1ccc(C2CC2)c2ccccc12. The Labute approximate surface area is 150 Å².